The second-order valence-electron chi connectivity index (χ2n) is 4.81. The lowest BCUT2D eigenvalue weighted by Crippen LogP contribution is -2.13. The molecule has 0 N–H and O–H groups in total. The molecule has 0 aliphatic rings. The number of Topliss-reactive ketones (excluding diaryl/α,β-unsaturated/α-hetero) is 1. The van der Waals surface area contributed by atoms with Crippen molar-refractivity contribution in [1.82, 2.24) is 0 Å². The second-order valence-corrected chi connectivity index (χ2v) is 4.81. The topological polar surface area (TPSA) is 99.7 Å². The molecular weight excluding hydrogens is 314 g/mol. The van der Waals surface area contributed by atoms with Crippen molar-refractivity contribution in [3.05, 3.63) is 57.8 Å². The average Bonchev–Trinajstić information content (AvgIpc) is 3.01. The van der Waals surface area contributed by atoms with Crippen LogP contribution in [0, 0.1) is 10.1 Å². The van der Waals surface area contributed by atoms with Crippen LogP contribution in [0.3, 0.4) is 0 Å². The van der Waals surface area contributed by atoms with E-state index in [-0.39, 0.29) is 29.4 Å². The molecular formula is C17H15NO6. The molecule has 124 valence electrons. The molecule has 0 amide bonds. The molecule has 1 aromatic carbocycles. The lowest BCUT2D eigenvalue weighted by Gasteiger charge is -2.02. The standard InChI is InChI=1S/C17H15NO6/c1-3-23-17(20)14(11(2)19)10-12-8-9-16(24-12)13-6-4-5-7-15(13)18(21)22/h4-10H,3H2,1-2H3/b14-10-. The first-order chi connectivity index (χ1) is 11.4. The number of ketones is 1. The Balaban J connectivity index is 2.40. The summed E-state index contributed by atoms with van der Waals surface area (Å²) in [6.07, 6.45) is 1.26. The third-order valence-electron chi connectivity index (χ3n) is 3.15. The Hall–Kier alpha value is -3.22. The number of nitro benzene ring substituents is 1. The van der Waals surface area contributed by atoms with Crippen LogP contribution < -0.4 is 0 Å². The number of carbonyl (C=O) groups is 2. The number of ether oxygens (including phenoxy) is 1. The van der Waals surface area contributed by atoms with Crippen LogP contribution in [-0.2, 0) is 14.3 Å². The predicted molar refractivity (Wildman–Crippen MR) is 86.1 cm³/mol. The Kier molecular flexibility index (Phi) is 5.26. The summed E-state index contributed by atoms with van der Waals surface area (Å²) in [6, 6.07) is 9.19. The maximum absolute atomic E-state index is 11.8. The van der Waals surface area contributed by atoms with E-state index >= 15 is 0 Å². The Morgan fingerprint density at radius 3 is 2.58 bits per heavy atom. The number of hydrogen-bond donors (Lipinski definition) is 0. The van der Waals surface area contributed by atoms with E-state index < -0.39 is 16.7 Å². The van der Waals surface area contributed by atoms with Gasteiger partial charge in [0.05, 0.1) is 17.1 Å². The molecule has 2 rings (SSSR count). The largest absolute Gasteiger partial charge is 0.462 e. The summed E-state index contributed by atoms with van der Waals surface area (Å²) >= 11 is 0. The van der Waals surface area contributed by atoms with Crippen LogP contribution in [0.4, 0.5) is 5.69 Å². The summed E-state index contributed by atoms with van der Waals surface area (Å²) in [6.45, 7) is 3.02. The van der Waals surface area contributed by atoms with Crippen LogP contribution in [0.5, 0.6) is 0 Å². The number of nitrogens with zero attached hydrogens (tertiary/aromatic N) is 1. The van der Waals surface area contributed by atoms with E-state index in [2.05, 4.69) is 0 Å². The van der Waals surface area contributed by atoms with Gasteiger partial charge in [-0.05, 0) is 38.1 Å². The first-order valence-corrected chi connectivity index (χ1v) is 7.17. The predicted octanol–water partition coefficient (Wildman–Crippen LogP) is 3.39. The molecule has 0 saturated heterocycles. The van der Waals surface area contributed by atoms with Crippen molar-refractivity contribution in [2.75, 3.05) is 6.61 Å². The van der Waals surface area contributed by atoms with Gasteiger partial charge in [0.1, 0.15) is 17.1 Å². The van der Waals surface area contributed by atoms with E-state index in [0.29, 0.717) is 5.56 Å². The highest BCUT2D eigenvalue weighted by atomic mass is 16.6. The molecule has 7 nitrogen and oxygen atoms in total. The summed E-state index contributed by atoms with van der Waals surface area (Å²) in [5.41, 5.74) is 0.0579. The van der Waals surface area contributed by atoms with Crippen molar-refractivity contribution < 1.29 is 23.7 Å². The number of para-hydroxylation sites is 1. The van der Waals surface area contributed by atoms with E-state index in [1.165, 1.54) is 31.2 Å². The van der Waals surface area contributed by atoms with Gasteiger partial charge in [-0.25, -0.2) is 4.79 Å². The average molecular weight is 329 g/mol. The Morgan fingerprint density at radius 1 is 1.25 bits per heavy atom. The maximum atomic E-state index is 11.8. The summed E-state index contributed by atoms with van der Waals surface area (Å²) in [7, 11) is 0. The van der Waals surface area contributed by atoms with Gasteiger partial charge in [-0.1, -0.05) is 12.1 Å². The molecule has 2 aromatic rings. The molecule has 0 spiro atoms. The van der Waals surface area contributed by atoms with Gasteiger partial charge in [-0.3, -0.25) is 14.9 Å². The monoisotopic (exact) mass is 329 g/mol. The molecule has 24 heavy (non-hydrogen) atoms. The molecule has 7 heteroatoms. The summed E-state index contributed by atoms with van der Waals surface area (Å²) < 4.78 is 10.3. The van der Waals surface area contributed by atoms with E-state index in [1.807, 2.05) is 0 Å². The minimum absolute atomic E-state index is 0.0976. The number of rotatable bonds is 6. The third kappa shape index (κ3) is 3.75. The number of esters is 1. The Morgan fingerprint density at radius 2 is 1.96 bits per heavy atom. The normalized spacial score (nSPS) is 11.2. The van der Waals surface area contributed by atoms with E-state index in [9.17, 15) is 19.7 Å². The molecule has 0 unspecified atom stereocenters. The van der Waals surface area contributed by atoms with Gasteiger partial charge in [-0.15, -0.1) is 0 Å². The highest BCUT2D eigenvalue weighted by Crippen LogP contribution is 2.31. The quantitative estimate of drug-likeness (QED) is 0.201. The minimum atomic E-state index is -0.742. The second kappa shape index (κ2) is 7.36. The molecule has 1 aromatic heterocycles. The number of benzene rings is 1. The van der Waals surface area contributed by atoms with Crippen molar-refractivity contribution in [1.29, 1.82) is 0 Å². The number of carbonyl (C=O) groups excluding carboxylic acids is 2. The molecule has 0 aliphatic carbocycles. The first kappa shape index (κ1) is 17.1. The van der Waals surface area contributed by atoms with Crippen molar-refractivity contribution in [3.63, 3.8) is 0 Å². The zero-order chi connectivity index (χ0) is 17.7. The molecule has 0 atom stereocenters. The lowest BCUT2D eigenvalue weighted by molar-refractivity contribution is -0.384. The maximum Gasteiger partial charge on any atom is 0.341 e. The van der Waals surface area contributed by atoms with Crippen LogP contribution in [0.1, 0.15) is 19.6 Å². The highest BCUT2D eigenvalue weighted by Gasteiger charge is 2.19. The molecule has 0 aliphatic heterocycles. The highest BCUT2D eigenvalue weighted by molar-refractivity contribution is 6.19. The van der Waals surface area contributed by atoms with Gasteiger partial charge in [0.15, 0.2) is 5.78 Å². The van der Waals surface area contributed by atoms with Gasteiger partial charge >= 0.3 is 5.97 Å². The van der Waals surface area contributed by atoms with Crippen molar-refractivity contribution in [3.8, 4) is 11.3 Å². The lowest BCUT2D eigenvalue weighted by atomic mass is 10.1. The Bertz CT molecular complexity index is 818. The molecule has 0 fully saturated rings. The van der Waals surface area contributed by atoms with Crippen LogP contribution in [0.25, 0.3) is 17.4 Å². The first-order valence-electron chi connectivity index (χ1n) is 7.17. The van der Waals surface area contributed by atoms with Crippen molar-refractivity contribution in [2.24, 2.45) is 0 Å². The fourth-order valence-electron chi connectivity index (χ4n) is 2.07. The Labute approximate surface area is 137 Å². The van der Waals surface area contributed by atoms with Crippen molar-refractivity contribution >= 4 is 23.5 Å². The van der Waals surface area contributed by atoms with Crippen LogP contribution in [0.2, 0.25) is 0 Å². The fraction of sp³-hybridized carbons (Fsp3) is 0.176. The van der Waals surface area contributed by atoms with Gasteiger partial charge in [0.2, 0.25) is 0 Å². The summed E-state index contributed by atoms with van der Waals surface area (Å²) in [4.78, 5) is 33.9. The molecule has 0 radical (unpaired) electrons. The molecule has 0 bridgehead atoms. The molecule has 1 heterocycles. The summed E-state index contributed by atoms with van der Waals surface area (Å²) in [5.74, 6) is -0.715. The van der Waals surface area contributed by atoms with Crippen LogP contribution in [-0.4, -0.2) is 23.3 Å². The number of hydrogen-bond acceptors (Lipinski definition) is 6. The fourth-order valence-corrected chi connectivity index (χ4v) is 2.07. The minimum Gasteiger partial charge on any atom is -0.462 e. The van der Waals surface area contributed by atoms with Gasteiger partial charge in [-0.2, -0.15) is 0 Å². The van der Waals surface area contributed by atoms with Crippen LogP contribution >= 0.6 is 0 Å². The molecule has 0 saturated carbocycles. The third-order valence-corrected chi connectivity index (χ3v) is 3.15. The van der Waals surface area contributed by atoms with Gasteiger partial charge in [0, 0.05) is 6.07 Å². The van der Waals surface area contributed by atoms with E-state index in [0.717, 1.165) is 0 Å². The zero-order valence-electron chi connectivity index (χ0n) is 13.1. The van der Waals surface area contributed by atoms with Crippen molar-refractivity contribution in [2.45, 2.75) is 13.8 Å². The number of furan rings is 1. The zero-order valence-corrected chi connectivity index (χ0v) is 13.1. The van der Waals surface area contributed by atoms with E-state index in [4.69, 9.17) is 9.15 Å². The SMILES string of the molecule is CCOC(=O)/C(=C\c1ccc(-c2ccccc2[N+](=O)[O-])o1)C(C)=O. The summed E-state index contributed by atoms with van der Waals surface area (Å²) in [5, 5.41) is 11.1. The van der Waals surface area contributed by atoms with E-state index in [1.54, 1.807) is 25.1 Å². The van der Waals surface area contributed by atoms with Gasteiger partial charge < -0.3 is 9.15 Å². The van der Waals surface area contributed by atoms with Gasteiger partial charge in [0.25, 0.3) is 5.69 Å². The number of nitro groups is 1. The smallest absolute Gasteiger partial charge is 0.341 e. The van der Waals surface area contributed by atoms with Crippen LogP contribution in [0.15, 0.2) is 46.4 Å².